The van der Waals surface area contributed by atoms with Crippen LogP contribution in [0.4, 0.5) is 0 Å². The number of carbonyl (C=O) groups excluding carboxylic acids is 1. The first-order valence-corrected chi connectivity index (χ1v) is 13.3. The van der Waals surface area contributed by atoms with Crippen molar-refractivity contribution in [2.24, 2.45) is 11.8 Å². The first-order valence-electron chi connectivity index (χ1n) is 11.8. The smallest absolute Gasteiger partial charge is 0.254 e. The summed E-state index contributed by atoms with van der Waals surface area (Å²) >= 11 is 0. The minimum Gasteiger partial charge on any atom is -0.495 e. The number of sulfonamides is 1. The molecule has 4 rings (SSSR count). The molecule has 0 bridgehead atoms. The molecule has 1 aromatic carbocycles. The highest BCUT2D eigenvalue weighted by Gasteiger charge is 2.39. The van der Waals surface area contributed by atoms with Gasteiger partial charge in [-0.3, -0.25) is 4.79 Å². The molecule has 0 N–H and O–H groups in total. The van der Waals surface area contributed by atoms with E-state index in [1.54, 1.807) is 22.5 Å². The van der Waals surface area contributed by atoms with Crippen LogP contribution < -0.4 is 4.74 Å². The Morgan fingerprint density at radius 2 is 1.61 bits per heavy atom. The minimum atomic E-state index is -3.74. The second kappa shape index (κ2) is 9.10. The molecule has 31 heavy (non-hydrogen) atoms. The molecule has 2 atom stereocenters. The molecule has 3 fully saturated rings. The average Bonchev–Trinajstić information content (AvgIpc) is 3.58. The van der Waals surface area contributed by atoms with Gasteiger partial charge in [0.05, 0.1) is 7.11 Å². The Morgan fingerprint density at radius 1 is 1.00 bits per heavy atom. The van der Waals surface area contributed by atoms with Gasteiger partial charge in [-0.15, -0.1) is 0 Å². The fraction of sp³-hybridized carbons (Fsp3) is 0.708. The number of rotatable bonds is 6. The Morgan fingerprint density at radius 3 is 2.19 bits per heavy atom. The topological polar surface area (TPSA) is 66.9 Å². The highest BCUT2D eigenvalue weighted by Crippen LogP contribution is 2.37. The van der Waals surface area contributed by atoms with Crippen LogP contribution in [0, 0.1) is 11.8 Å². The van der Waals surface area contributed by atoms with E-state index in [4.69, 9.17) is 4.74 Å². The molecule has 0 spiro atoms. The van der Waals surface area contributed by atoms with Crippen molar-refractivity contribution in [3.05, 3.63) is 23.8 Å². The number of methoxy groups -OCH3 is 1. The van der Waals surface area contributed by atoms with Crippen molar-refractivity contribution < 1.29 is 17.9 Å². The molecular formula is C24H36N2O4S. The molecule has 2 unspecified atom stereocenters. The lowest BCUT2D eigenvalue weighted by molar-refractivity contribution is 0.0613. The van der Waals surface area contributed by atoms with E-state index in [-0.39, 0.29) is 16.8 Å². The van der Waals surface area contributed by atoms with Gasteiger partial charge in [-0.05, 0) is 62.1 Å². The van der Waals surface area contributed by atoms with Crippen LogP contribution in [0.3, 0.4) is 0 Å². The summed E-state index contributed by atoms with van der Waals surface area (Å²) in [7, 11) is -2.26. The number of piperidine rings is 1. The number of hydrogen-bond donors (Lipinski definition) is 0. The van der Waals surface area contributed by atoms with Crippen LogP contribution in [-0.2, 0) is 10.0 Å². The Hall–Kier alpha value is -1.60. The van der Waals surface area contributed by atoms with E-state index in [1.807, 2.05) is 0 Å². The van der Waals surface area contributed by atoms with Crippen molar-refractivity contribution in [2.75, 3.05) is 20.2 Å². The highest BCUT2D eigenvalue weighted by atomic mass is 32.2. The number of amides is 1. The van der Waals surface area contributed by atoms with E-state index in [9.17, 15) is 13.2 Å². The number of ether oxygens (including phenoxy) is 1. The molecular weight excluding hydrogens is 412 g/mol. The number of nitrogens with zero attached hydrogens (tertiary/aromatic N) is 2. The van der Waals surface area contributed by atoms with Gasteiger partial charge in [0, 0.05) is 30.7 Å². The third-order valence-corrected chi connectivity index (χ3v) is 8.86. The fourth-order valence-corrected chi connectivity index (χ4v) is 7.30. The van der Waals surface area contributed by atoms with E-state index >= 15 is 0 Å². The molecule has 1 heterocycles. The van der Waals surface area contributed by atoms with E-state index < -0.39 is 10.0 Å². The fourth-order valence-electron chi connectivity index (χ4n) is 5.44. The van der Waals surface area contributed by atoms with Crippen molar-refractivity contribution >= 4 is 15.9 Å². The van der Waals surface area contributed by atoms with Gasteiger partial charge in [0.15, 0.2) is 0 Å². The second-order valence-electron chi connectivity index (χ2n) is 9.87. The summed E-state index contributed by atoms with van der Waals surface area (Å²) in [6, 6.07) is 5.50. The Balaban J connectivity index is 1.66. The standard InChI is InChI=1S/C24H36N2O4S/c1-17-13-18(2)16-25(15-17)31(28,29)23-14-19(9-12-22(23)30-3)24(27)26(21-10-11-21)20-7-5-4-6-8-20/h9,12,14,17-18,20-21H,4-8,10-11,13,15-16H2,1-3H3. The molecule has 1 amide bonds. The molecule has 7 heteroatoms. The molecule has 2 saturated carbocycles. The SMILES string of the molecule is COc1ccc(C(=O)N(C2CCCCC2)C2CC2)cc1S(=O)(=O)N1CC(C)CC(C)C1. The molecule has 172 valence electrons. The molecule has 1 aromatic rings. The molecule has 0 aromatic heterocycles. The zero-order chi connectivity index (χ0) is 22.2. The van der Waals surface area contributed by atoms with Gasteiger partial charge in [-0.25, -0.2) is 8.42 Å². The number of benzene rings is 1. The molecule has 3 aliphatic rings. The largest absolute Gasteiger partial charge is 0.495 e. The van der Waals surface area contributed by atoms with Gasteiger partial charge in [0.1, 0.15) is 10.6 Å². The van der Waals surface area contributed by atoms with Crippen molar-refractivity contribution in [3.8, 4) is 5.75 Å². The quantitative estimate of drug-likeness (QED) is 0.651. The summed E-state index contributed by atoms with van der Waals surface area (Å²) in [6.07, 6.45) is 8.78. The maximum atomic E-state index is 13.6. The molecule has 6 nitrogen and oxygen atoms in total. The van der Waals surface area contributed by atoms with Gasteiger partial charge in [-0.1, -0.05) is 33.1 Å². The molecule has 0 radical (unpaired) electrons. The van der Waals surface area contributed by atoms with Gasteiger partial charge in [-0.2, -0.15) is 4.31 Å². The third kappa shape index (κ3) is 4.77. The summed E-state index contributed by atoms with van der Waals surface area (Å²) in [5.41, 5.74) is 0.454. The molecule has 1 saturated heterocycles. The normalized spacial score (nSPS) is 25.9. The Kier molecular flexibility index (Phi) is 6.63. The summed E-state index contributed by atoms with van der Waals surface area (Å²) in [5.74, 6) is 0.893. The lowest BCUT2D eigenvalue weighted by Gasteiger charge is -2.35. The van der Waals surface area contributed by atoms with Crippen molar-refractivity contribution in [1.29, 1.82) is 0 Å². The lowest BCUT2D eigenvalue weighted by atomic mass is 9.93. The molecule has 1 aliphatic heterocycles. The van der Waals surface area contributed by atoms with E-state index in [0.717, 1.165) is 44.9 Å². The second-order valence-corrected chi connectivity index (χ2v) is 11.8. The minimum absolute atomic E-state index is 0.0334. The van der Waals surface area contributed by atoms with Crippen molar-refractivity contribution in [1.82, 2.24) is 9.21 Å². The van der Waals surface area contributed by atoms with Crippen LogP contribution in [0.15, 0.2) is 23.1 Å². The van der Waals surface area contributed by atoms with Gasteiger partial charge in [0.25, 0.3) is 5.91 Å². The Bertz CT molecular complexity index is 896. The predicted molar refractivity (Wildman–Crippen MR) is 121 cm³/mol. The lowest BCUT2D eigenvalue weighted by Crippen LogP contribution is -2.43. The van der Waals surface area contributed by atoms with Gasteiger partial charge in [0.2, 0.25) is 10.0 Å². The zero-order valence-electron chi connectivity index (χ0n) is 19.0. The average molecular weight is 449 g/mol. The Labute approximate surface area is 187 Å². The first kappa shape index (κ1) is 22.6. The van der Waals surface area contributed by atoms with E-state index in [2.05, 4.69) is 18.7 Å². The van der Waals surface area contributed by atoms with Crippen LogP contribution in [0.1, 0.15) is 75.6 Å². The van der Waals surface area contributed by atoms with Gasteiger partial charge < -0.3 is 9.64 Å². The van der Waals surface area contributed by atoms with E-state index in [1.165, 1.54) is 13.5 Å². The van der Waals surface area contributed by atoms with Gasteiger partial charge >= 0.3 is 0 Å². The first-order chi connectivity index (χ1) is 14.8. The predicted octanol–water partition coefficient (Wildman–Crippen LogP) is 4.30. The van der Waals surface area contributed by atoms with Crippen molar-refractivity contribution in [2.45, 2.75) is 82.2 Å². The summed E-state index contributed by atoms with van der Waals surface area (Å²) < 4.78 is 34.1. The highest BCUT2D eigenvalue weighted by molar-refractivity contribution is 7.89. The van der Waals surface area contributed by atoms with Crippen LogP contribution in [0.5, 0.6) is 5.75 Å². The number of carbonyl (C=O) groups is 1. The maximum absolute atomic E-state index is 13.6. The maximum Gasteiger partial charge on any atom is 0.254 e. The van der Waals surface area contributed by atoms with Crippen LogP contribution in [0.2, 0.25) is 0 Å². The summed E-state index contributed by atoms with van der Waals surface area (Å²) in [5, 5.41) is 0. The summed E-state index contributed by atoms with van der Waals surface area (Å²) in [6.45, 7) is 5.19. The third-order valence-electron chi connectivity index (χ3n) is 7.01. The molecule has 2 aliphatic carbocycles. The summed E-state index contributed by atoms with van der Waals surface area (Å²) in [4.78, 5) is 15.7. The van der Waals surface area contributed by atoms with Crippen molar-refractivity contribution in [3.63, 3.8) is 0 Å². The number of hydrogen-bond acceptors (Lipinski definition) is 4. The van der Waals surface area contributed by atoms with Crippen LogP contribution in [0.25, 0.3) is 0 Å². The zero-order valence-corrected chi connectivity index (χ0v) is 19.9. The van der Waals surface area contributed by atoms with Crippen LogP contribution >= 0.6 is 0 Å². The van der Waals surface area contributed by atoms with E-state index in [0.29, 0.717) is 42.3 Å². The monoisotopic (exact) mass is 448 g/mol. The van der Waals surface area contributed by atoms with Crippen LogP contribution in [-0.4, -0.2) is 55.8 Å².